The molecule has 0 nitrogen and oxygen atoms in total. The Bertz CT molecular complexity index is 326. The molecule has 4 atom stereocenters. The van der Waals surface area contributed by atoms with Crippen molar-refractivity contribution in [1.82, 2.24) is 0 Å². The van der Waals surface area contributed by atoms with Gasteiger partial charge in [-0.2, -0.15) is 0 Å². The van der Waals surface area contributed by atoms with Crippen molar-refractivity contribution in [2.75, 3.05) is 0 Å². The molecule has 0 heterocycles. The molecule has 2 heteroatoms. The van der Waals surface area contributed by atoms with Crippen LogP contribution in [0.5, 0.6) is 0 Å². The fourth-order valence-corrected chi connectivity index (χ4v) is 4.69. The van der Waals surface area contributed by atoms with Crippen molar-refractivity contribution in [3.05, 3.63) is 19.1 Å². The Morgan fingerprint density at radius 3 is 2.10 bits per heavy atom. The second kappa shape index (κ2) is 8.82. The molecule has 1 aliphatic rings. The van der Waals surface area contributed by atoms with Gasteiger partial charge >= 0.3 is 0 Å². The molecule has 123 valence electrons. The smallest absolute Gasteiger partial charge is 0.0671 e. The molecule has 0 saturated heterocycles. The number of rotatable bonds is 9. The van der Waals surface area contributed by atoms with Gasteiger partial charge in [-0.05, 0) is 32.1 Å². The van der Waals surface area contributed by atoms with Crippen LogP contribution in [0.15, 0.2) is 12.2 Å². The topological polar surface area (TPSA) is 0 Å². The van der Waals surface area contributed by atoms with Crippen molar-refractivity contribution >= 4 is 23.2 Å². The van der Waals surface area contributed by atoms with Gasteiger partial charge in [0.1, 0.15) is 0 Å². The standard InChI is InChI=1S/C19H33Cl2/c1-5-8-11-17-18(20,13-9-6-2)15-12-16(4)19(17,21)14-10-7-3/h12,15-17H,4-11,13-14H2,1-3H3. The predicted octanol–water partition coefficient (Wildman–Crippen LogP) is 7.15. The molecule has 1 radical (unpaired) electrons. The summed E-state index contributed by atoms with van der Waals surface area (Å²) in [7, 11) is 0. The molecule has 0 spiro atoms. The van der Waals surface area contributed by atoms with Crippen molar-refractivity contribution in [3.63, 3.8) is 0 Å². The lowest BCUT2D eigenvalue weighted by atomic mass is 9.65. The SMILES string of the molecule is [CH2]C1C=CC(Cl)(CCCC)C(CCCC)C1(Cl)CCCC. The van der Waals surface area contributed by atoms with Gasteiger partial charge in [0.05, 0.1) is 9.75 Å². The fraction of sp³-hybridized carbons (Fsp3) is 0.842. The van der Waals surface area contributed by atoms with Crippen LogP contribution in [0.4, 0.5) is 0 Å². The number of unbranched alkanes of at least 4 members (excludes halogenated alkanes) is 3. The molecule has 0 amide bonds. The lowest BCUT2D eigenvalue weighted by Crippen LogP contribution is -2.51. The van der Waals surface area contributed by atoms with Gasteiger partial charge in [0.2, 0.25) is 0 Å². The quantitative estimate of drug-likeness (QED) is 0.311. The summed E-state index contributed by atoms with van der Waals surface area (Å²) in [6, 6.07) is 0. The number of alkyl halides is 2. The molecule has 0 saturated carbocycles. The van der Waals surface area contributed by atoms with Crippen LogP contribution in [-0.4, -0.2) is 9.75 Å². The molecule has 0 aromatic rings. The van der Waals surface area contributed by atoms with Gasteiger partial charge < -0.3 is 0 Å². The molecule has 0 aliphatic heterocycles. The van der Waals surface area contributed by atoms with Crippen LogP contribution < -0.4 is 0 Å². The highest BCUT2D eigenvalue weighted by Crippen LogP contribution is 2.53. The Morgan fingerprint density at radius 2 is 1.52 bits per heavy atom. The largest absolute Gasteiger partial charge is 0.118 e. The van der Waals surface area contributed by atoms with E-state index in [-0.39, 0.29) is 15.7 Å². The molecular weight excluding hydrogens is 299 g/mol. The highest BCUT2D eigenvalue weighted by molar-refractivity contribution is 6.29. The Kier molecular flexibility index (Phi) is 8.14. The minimum absolute atomic E-state index is 0.168. The zero-order chi connectivity index (χ0) is 15.9. The molecule has 0 bridgehead atoms. The van der Waals surface area contributed by atoms with Crippen LogP contribution in [0.3, 0.4) is 0 Å². The van der Waals surface area contributed by atoms with E-state index in [4.69, 9.17) is 23.2 Å². The first-order valence-electron chi connectivity index (χ1n) is 8.84. The fourth-order valence-electron chi connectivity index (χ4n) is 3.61. The minimum Gasteiger partial charge on any atom is -0.118 e. The monoisotopic (exact) mass is 331 g/mol. The third-order valence-corrected chi connectivity index (χ3v) is 6.37. The van der Waals surface area contributed by atoms with Crippen LogP contribution in [0, 0.1) is 18.8 Å². The van der Waals surface area contributed by atoms with Gasteiger partial charge in [0, 0.05) is 5.92 Å². The summed E-state index contributed by atoms with van der Waals surface area (Å²) in [6.45, 7) is 11.0. The van der Waals surface area contributed by atoms with E-state index < -0.39 is 0 Å². The average molecular weight is 332 g/mol. The Labute approximate surface area is 142 Å². The van der Waals surface area contributed by atoms with E-state index in [2.05, 4.69) is 39.8 Å². The lowest BCUT2D eigenvalue weighted by Gasteiger charge is -2.50. The van der Waals surface area contributed by atoms with Crippen LogP contribution in [0.2, 0.25) is 0 Å². The molecule has 1 aliphatic carbocycles. The number of hydrogen-bond donors (Lipinski definition) is 0. The van der Waals surface area contributed by atoms with Gasteiger partial charge in [-0.3, -0.25) is 0 Å². The number of allylic oxidation sites excluding steroid dienone is 2. The van der Waals surface area contributed by atoms with Crippen molar-refractivity contribution in [3.8, 4) is 0 Å². The zero-order valence-electron chi connectivity index (χ0n) is 14.1. The second-order valence-corrected chi connectivity index (χ2v) is 8.13. The molecule has 0 aromatic heterocycles. The summed E-state index contributed by atoms with van der Waals surface area (Å²) >= 11 is 14.3. The summed E-state index contributed by atoms with van der Waals surface area (Å²) in [6.07, 6.45) is 14.6. The maximum atomic E-state index is 7.17. The Balaban J connectivity index is 3.04. The van der Waals surface area contributed by atoms with Crippen molar-refractivity contribution in [1.29, 1.82) is 0 Å². The maximum Gasteiger partial charge on any atom is 0.0671 e. The summed E-state index contributed by atoms with van der Waals surface area (Å²) in [4.78, 5) is -0.537. The summed E-state index contributed by atoms with van der Waals surface area (Å²) < 4.78 is 0. The van der Waals surface area contributed by atoms with Crippen molar-refractivity contribution in [2.24, 2.45) is 11.8 Å². The normalized spacial score (nSPS) is 36.1. The van der Waals surface area contributed by atoms with Gasteiger partial charge in [-0.1, -0.05) is 71.4 Å². The van der Waals surface area contributed by atoms with Crippen LogP contribution in [-0.2, 0) is 0 Å². The first-order valence-corrected chi connectivity index (χ1v) is 9.60. The first kappa shape index (κ1) is 19.4. The molecule has 1 rings (SSSR count). The van der Waals surface area contributed by atoms with Gasteiger partial charge in [-0.15, -0.1) is 23.2 Å². The minimum atomic E-state index is -0.269. The molecule has 4 unspecified atom stereocenters. The van der Waals surface area contributed by atoms with Gasteiger partial charge in [-0.25, -0.2) is 0 Å². The van der Waals surface area contributed by atoms with E-state index in [0.717, 1.165) is 25.7 Å². The Morgan fingerprint density at radius 1 is 0.952 bits per heavy atom. The first-order chi connectivity index (χ1) is 9.94. The highest BCUT2D eigenvalue weighted by Gasteiger charge is 2.51. The third kappa shape index (κ3) is 4.64. The van der Waals surface area contributed by atoms with E-state index in [1.165, 1.54) is 32.1 Å². The summed E-state index contributed by atoms with van der Waals surface area (Å²) in [5.74, 6) is 0.500. The zero-order valence-corrected chi connectivity index (χ0v) is 15.6. The molecule has 0 N–H and O–H groups in total. The predicted molar refractivity (Wildman–Crippen MR) is 97.2 cm³/mol. The van der Waals surface area contributed by atoms with E-state index >= 15 is 0 Å². The van der Waals surface area contributed by atoms with Crippen molar-refractivity contribution < 1.29 is 0 Å². The molecular formula is C19H33Cl2. The molecule has 0 aromatic carbocycles. The van der Waals surface area contributed by atoms with E-state index in [0.29, 0.717) is 5.92 Å². The van der Waals surface area contributed by atoms with Crippen LogP contribution in [0.25, 0.3) is 0 Å². The van der Waals surface area contributed by atoms with E-state index in [9.17, 15) is 0 Å². The van der Waals surface area contributed by atoms with Crippen molar-refractivity contribution in [2.45, 2.75) is 88.3 Å². The molecule has 21 heavy (non-hydrogen) atoms. The highest BCUT2D eigenvalue weighted by atomic mass is 35.5. The van der Waals surface area contributed by atoms with E-state index in [1.807, 2.05) is 0 Å². The lowest BCUT2D eigenvalue weighted by molar-refractivity contribution is 0.214. The summed E-state index contributed by atoms with van der Waals surface area (Å²) in [5.41, 5.74) is 0. The van der Waals surface area contributed by atoms with Crippen LogP contribution >= 0.6 is 23.2 Å². The Hall–Kier alpha value is 0.320. The number of hydrogen-bond acceptors (Lipinski definition) is 0. The molecule has 0 fully saturated rings. The van der Waals surface area contributed by atoms with Gasteiger partial charge in [0.25, 0.3) is 0 Å². The second-order valence-electron chi connectivity index (χ2n) is 6.72. The van der Waals surface area contributed by atoms with Crippen LogP contribution in [0.1, 0.15) is 78.6 Å². The van der Waals surface area contributed by atoms with Gasteiger partial charge in [0.15, 0.2) is 0 Å². The number of halogens is 2. The van der Waals surface area contributed by atoms with E-state index in [1.54, 1.807) is 0 Å². The average Bonchev–Trinajstić information content (AvgIpc) is 2.47. The maximum absolute atomic E-state index is 7.17. The third-order valence-electron chi connectivity index (χ3n) is 5.05. The summed E-state index contributed by atoms with van der Waals surface area (Å²) in [5, 5.41) is 0.